The van der Waals surface area contributed by atoms with Gasteiger partial charge in [0.25, 0.3) is 6.17 Å². The minimum atomic E-state index is 0.118. The second-order valence-electron chi connectivity index (χ2n) is 3.29. The summed E-state index contributed by atoms with van der Waals surface area (Å²) < 4.78 is 2.07. The fourth-order valence-electron chi connectivity index (χ4n) is 1.26. The van der Waals surface area contributed by atoms with Crippen LogP contribution < -0.4 is 0 Å². The lowest BCUT2D eigenvalue weighted by molar-refractivity contribution is -0.468. The van der Waals surface area contributed by atoms with Gasteiger partial charge in [-0.2, -0.15) is 4.58 Å². The Balaban J connectivity index is 2.29. The van der Waals surface area contributed by atoms with Crippen molar-refractivity contribution in [2.24, 2.45) is 15.9 Å². The average Bonchev–Trinajstić information content (AvgIpc) is 2.46. The van der Waals surface area contributed by atoms with Gasteiger partial charge in [-0.25, -0.2) is 4.99 Å². The Morgan fingerprint density at radius 3 is 3.00 bits per heavy atom. The molecule has 0 saturated carbocycles. The molecule has 0 aromatic carbocycles. The SMILES string of the molecule is CC(C)C1=NC2C=NC=C[N+]2=C1. The van der Waals surface area contributed by atoms with Crippen LogP contribution in [0.3, 0.4) is 0 Å². The lowest BCUT2D eigenvalue weighted by Gasteiger charge is -1.99. The predicted molar refractivity (Wildman–Crippen MR) is 50.0 cm³/mol. The molecule has 3 heteroatoms. The number of hydrogen-bond donors (Lipinski definition) is 0. The second-order valence-corrected chi connectivity index (χ2v) is 3.29. The lowest BCUT2D eigenvalue weighted by Crippen LogP contribution is -2.19. The van der Waals surface area contributed by atoms with Gasteiger partial charge in [0.2, 0.25) is 0 Å². The standard InChI is InChI=1S/C9H12N3/c1-7(2)8-6-12-4-3-10-5-9(12)11-8/h3-7,9H,1-2H3/q+1. The smallest absolute Gasteiger partial charge is 0.254 e. The topological polar surface area (TPSA) is 27.7 Å². The van der Waals surface area contributed by atoms with E-state index in [2.05, 4.69) is 34.6 Å². The largest absolute Gasteiger partial charge is 0.287 e. The zero-order chi connectivity index (χ0) is 8.55. The summed E-state index contributed by atoms with van der Waals surface area (Å²) in [6, 6.07) is 0. The molecule has 0 aliphatic carbocycles. The molecule has 0 aromatic heterocycles. The molecule has 1 atom stereocenters. The van der Waals surface area contributed by atoms with Crippen molar-refractivity contribution in [2.45, 2.75) is 20.0 Å². The molecule has 0 fully saturated rings. The molecule has 0 aromatic rings. The zero-order valence-electron chi connectivity index (χ0n) is 7.31. The molecule has 2 rings (SSSR count). The Bertz CT molecular complexity index is 308. The van der Waals surface area contributed by atoms with Gasteiger partial charge in [-0.3, -0.25) is 4.99 Å². The third-order valence-corrected chi connectivity index (χ3v) is 2.00. The van der Waals surface area contributed by atoms with Gasteiger partial charge in [0, 0.05) is 5.92 Å². The van der Waals surface area contributed by atoms with Crippen LogP contribution in [0.15, 0.2) is 22.4 Å². The van der Waals surface area contributed by atoms with E-state index in [-0.39, 0.29) is 6.17 Å². The van der Waals surface area contributed by atoms with E-state index in [1.54, 1.807) is 6.20 Å². The zero-order valence-corrected chi connectivity index (χ0v) is 7.31. The van der Waals surface area contributed by atoms with Crippen LogP contribution in [0.2, 0.25) is 0 Å². The van der Waals surface area contributed by atoms with Crippen molar-refractivity contribution in [1.29, 1.82) is 0 Å². The van der Waals surface area contributed by atoms with Gasteiger partial charge in [0.15, 0.2) is 12.4 Å². The van der Waals surface area contributed by atoms with Gasteiger partial charge in [-0.1, -0.05) is 13.8 Å². The summed E-state index contributed by atoms with van der Waals surface area (Å²) in [7, 11) is 0. The maximum Gasteiger partial charge on any atom is 0.287 e. The third kappa shape index (κ3) is 1.11. The van der Waals surface area contributed by atoms with Crippen molar-refractivity contribution in [1.82, 2.24) is 0 Å². The van der Waals surface area contributed by atoms with Gasteiger partial charge in [-0.05, 0) is 0 Å². The van der Waals surface area contributed by atoms with Crippen molar-refractivity contribution in [3.63, 3.8) is 0 Å². The molecule has 0 saturated heterocycles. The number of fused-ring (bicyclic) bond motifs is 1. The molecule has 2 aliphatic heterocycles. The van der Waals surface area contributed by atoms with E-state index >= 15 is 0 Å². The van der Waals surface area contributed by atoms with Gasteiger partial charge < -0.3 is 0 Å². The molecule has 0 N–H and O–H groups in total. The molecule has 0 spiro atoms. The maximum atomic E-state index is 4.50. The quantitative estimate of drug-likeness (QED) is 0.516. The Kier molecular flexibility index (Phi) is 1.64. The van der Waals surface area contributed by atoms with Gasteiger partial charge >= 0.3 is 0 Å². The van der Waals surface area contributed by atoms with Crippen LogP contribution in [0.5, 0.6) is 0 Å². The highest BCUT2D eigenvalue weighted by Crippen LogP contribution is 2.08. The Labute approximate surface area is 71.9 Å². The number of nitrogens with zero attached hydrogens (tertiary/aromatic N) is 3. The second kappa shape index (κ2) is 2.66. The predicted octanol–water partition coefficient (Wildman–Crippen LogP) is 1.06. The van der Waals surface area contributed by atoms with Crippen LogP contribution in [0.25, 0.3) is 0 Å². The van der Waals surface area contributed by atoms with Gasteiger partial charge in [-0.15, -0.1) is 0 Å². The summed E-state index contributed by atoms with van der Waals surface area (Å²) in [6.45, 7) is 4.29. The van der Waals surface area contributed by atoms with E-state index < -0.39 is 0 Å². The minimum absolute atomic E-state index is 0.118. The van der Waals surface area contributed by atoms with E-state index in [0.717, 1.165) is 5.71 Å². The molecule has 0 radical (unpaired) electrons. The number of hydrogen-bond acceptors (Lipinski definition) is 2. The Morgan fingerprint density at radius 1 is 1.50 bits per heavy atom. The van der Waals surface area contributed by atoms with Crippen molar-refractivity contribution in [3.8, 4) is 0 Å². The van der Waals surface area contributed by atoms with Crippen LogP contribution in [0, 0.1) is 5.92 Å². The summed E-state index contributed by atoms with van der Waals surface area (Å²) >= 11 is 0. The number of aliphatic imine (C=N–C) groups is 2. The molecule has 62 valence electrons. The maximum absolute atomic E-state index is 4.50. The summed E-state index contributed by atoms with van der Waals surface area (Å²) in [5, 5.41) is 0. The van der Waals surface area contributed by atoms with E-state index in [9.17, 15) is 0 Å². The van der Waals surface area contributed by atoms with Crippen molar-refractivity contribution in [2.75, 3.05) is 0 Å². The monoisotopic (exact) mass is 162 g/mol. The van der Waals surface area contributed by atoms with Gasteiger partial charge in [0.1, 0.15) is 5.71 Å². The summed E-state index contributed by atoms with van der Waals surface area (Å²) in [6.07, 6.45) is 7.78. The highest BCUT2D eigenvalue weighted by atomic mass is 15.2. The number of rotatable bonds is 1. The van der Waals surface area contributed by atoms with E-state index in [0.29, 0.717) is 5.92 Å². The Hall–Kier alpha value is -1.25. The first-order valence-corrected chi connectivity index (χ1v) is 4.17. The highest BCUT2D eigenvalue weighted by Gasteiger charge is 2.26. The molecule has 0 amide bonds. The van der Waals surface area contributed by atoms with E-state index in [4.69, 9.17) is 0 Å². The van der Waals surface area contributed by atoms with Crippen molar-refractivity contribution < 1.29 is 4.58 Å². The minimum Gasteiger partial charge on any atom is -0.254 e. The van der Waals surface area contributed by atoms with Crippen LogP contribution in [0.4, 0.5) is 0 Å². The molecule has 1 unspecified atom stereocenters. The third-order valence-electron chi connectivity index (χ3n) is 2.00. The first kappa shape index (κ1) is 7.40. The average molecular weight is 162 g/mol. The first-order chi connectivity index (χ1) is 5.77. The highest BCUT2D eigenvalue weighted by molar-refractivity contribution is 6.30. The lowest BCUT2D eigenvalue weighted by atomic mass is 10.1. The first-order valence-electron chi connectivity index (χ1n) is 4.17. The normalized spacial score (nSPS) is 25.8. The molecule has 2 aliphatic rings. The van der Waals surface area contributed by atoms with Crippen LogP contribution >= 0.6 is 0 Å². The summed E-state index contributed by atoms with van der Waals surface area (Å²) in [4.78, 5) is 8.54. The summed E-state index contributed by atoms with van der Waals surface area (Å²) in [5.74, 6) is 0.498. The fraction of sp³-hybridized carbons (Fsp3) is 0.444. The van der Waals surface area contributed by atoms with E-state index in [1.165, 1.54) is 0 Å². The van der Waals surface area contributed by atoms with Gasteiger partial charge in [0.05, 0.1) is 12.4 Å². The Morgan fingerprint density at radius 2 is 2.33 bits per heavy atom. The van der Waals surface area contributed by atoms with Crippen LogP contribution in [-0.4, -0.2) is 28.9 Å². The van der Waals surface area contributed by atoms with Crippen LogP contribution in [-0.2, 0) is 0 Å². The molecule has 12 heavy (non-hydrogen) atoms. The summed E-state index contributed by atoms with van der Waals surface area (Å²) in [5.41, 5.74) is 1.15. The molecule has 3 nitrogen and oxygen atoms in total. The molecule has 2 heterocycles. The molecular formula is C9H12N3+. The van der Waals surface area contributed by atoms with E-state index in [1.807, 2.05) is 12.4 Å². The van der Waals surface area contributed by atoms with Crippen LogP contribution in [0.1, 0.15) is 13.8 Å². The fourth-order valence-corrected chi connectivity index (χ4v) is 1.26. The molecule has 0 bridgehead atoms. The molecular weight excluding hydrogens is 150 g/mol. The van der Waals surface area contributed by atoms with Crippen molar-refractivity contribution >= 4 is 18.1 Å². The van der Waals surface area contributed by atoms with Crippen molar-refractivity contribution in [3.05, 3.63) is 12.4 Å².